The van der Waals surface area contributed by atoms with Gasteiger partial charge >= 0.3 is 0 Å². The van der Waals surface area contributed by atoms with Gasteiger partial charge < -0.3 is 10.0 Å². The molecule has 0 unspecified atom stereocenters. The summed E-state index contributed by atoms with van der Waals surface area (Å²) in [6.45, 7) is 6.92. The number of hydrogen-bond donors (Lipinski definition) is 1. The van der Waals surface area contributed by atoms with E-state index in [1.165, 1.54) is 0 Å². The summed E-state index contributed by atoms with van der Waals surface area (Å²) >= 11 is 0. The Morgan fingerprint density at radius 1 is 1.59 bits per heavy atom. The zero-order valence-corrected chi connectivity index (χ0v) is 11.0. The van der Waals surface area contributed by atoms with Gasteiger partial charge in [-0.3, -0.25) is 9.48 Å². The highest BCUT2D eigenvalue weighted by atomic mass is 16.3. The quantitative estimate of drug-likeness (QED) is 0.834. The molecule has 0 saturated heterocycles. The predicted molar refractivity (Wildman–Crippen MR) is 66.0 cm³/mol. The molecule has 1 heterocycles. The first-order valence-electron chi connectivity index (χ1n) is 5.95. The number of carbonyl (C=O) groups excluding carboxylic acids is 1. The van der Waals surface area contributed by atoms with Crippen LogP contribution in [-0.4, -0.2) is 45.4 Å². The van der Waals surface area contributed by atoms with Gasteiger partial charge in [-0.15, -0.1) is 0 Å². The van der Waals surface area contributed by atoms with E-state index in [9.17, 15) is 4.79 Å². The van der Waals surface area contributed by atoms with E-state index in [-0.39, 0.29) is 12.5 Å². The topological polar surface area (TPSA) is 58.4 Å². The van der Waals surface area contributed by atoms with Crippen molar-refractivity contribution in [3.05, 3.63) is 17.5 Å². The number of aliphatic hydroxyl groups is 1. The largest absolute Gasteiger partial charge is 0.395 e. The maximum Gasteiger partial charge on any atom is 0.274 e. The van der Waals surface area contributed by atoms with Crippen LogP contribution in [0.25, 0.3) is 0 Å². The van der Waals surface area contributed by atoms with Crippen LogP contribution >= 0.6 is 0 Å². The van der Waals surface area contributed by atoms with Crippen LogP contribution in [0.15, 0.2) is 6.07 Å². The molecule has 96 valence electrons. The molecule has 0 bridgehead atoms. The van der Waals surface area contributed by atoms with E-state index in [0.29, 0.717) is 24.7 Å². The van der Waals surface area contributed by atoms with Gasteiger partial charge in [-0.1, -0.05) is 13.8 Å². The molecule has 17 heavy (non-hydrogen) atoms. The van der Waals surface area contributed by atoms with Crippen LogP contribution < -0.4 is 0 Å². The summed E-state index contributed by atoms with van der Waals surface area (Å²) in [5, 5.41) is 13.1. The predicted octanol–water partition coefficient (Wildman–Crippen LogP) is 0.998. The number of hydrogen-bond acceptors (Lipinski definition) is 3. The first-order valence-corrected chi connectivity index (χ1v) is 5.95. The van der Waals surface area contributed by atoms with Crippen LogP contribution in [0.3, 0.4) is 0 Å². The molecule has 5 nitrogen and oxygen atoms in total. The number of aliphatic hydroxyl groups excluding tert-OH is 1. The number of carbonyl (C=O) groups is 1. The smallest absolute Gasteiger partial charge is 0.274 e. The average molecular weight is 239 g/mol. The van der Waals surface area contributed by atoms with Crippen molar-refractivity contribution in [1.29, 1.82) is 0 Å². The number of likely N-dealkylation sites (N-methyl/N-ethyl adjacent to an activating group) is 1. The highest BCUT2D eigenvalue weighted by molar-refractivity contribution is 5.92. The molecule has 0 spiro atoms. The summed E-state index contributed by atoms with van der Waals surface area (Å²) in [5.41, 5.74) is 1.49. The van der Waals surface area contributed by atoms with Gasteiger partial charge in [-0.2, -0.15) is 5.10 Å². The average Bonchev–Trinajstić information content (AvgIpc) is 2.67. The lowest BCUT2D eigenvalue weighted by molar-refractivity contribution is 0.0725. The van der Waals surface area contributed by atoms with Crippen LogP contribution in [0.1, 0.15) is 42.9 Å². The zero-order chi connectivity index (χ0) is 13.0. The standard InChI is InChI=1S/C12H21N3O2/c1-5-15(6-7-16)12(17)10-8-11(9(2)3)14(4)13-10/h8-9,16H,5-7H2,1-4H3. The van der Waals surface area contributed by atoms with Crippen molar-refractivity contribution >= 4 is 5.91 Å². The van der Waals surface area contributed by atoms with E-state index in [4.69, 9.17) is 5.11 Å². The highest BCUT2D eigenvalue weighted by Crippen LogP contribution is 2.15. The second kappa shape index (κ2) is 5.82. The Balaban J connectivity index is 2.92. The zero-order valence-electron chi connectivity index (χ0n) is 11.0. The lowest BCUT2D eigenvalue weighted by Crippen LogP contribution is -2.33. The molecule has 0 saturated carbocycles. The van der Waals surface area contributed by atoms with Gasteiger partial charge in [0.2, 0.25) is 0 Å². The molecule has 0 aliphatic rings. The summed E-state index contributed by atoms with van der Waals surface area (Å²) in [4.78, 5) is 13.7. The minimum absolute atomic E-state index is 0.0244. The van der Waals surface area contributed by atoms with Gasteiger partial charge in [0.1, 0.15) is 0 Å². The Morgan fingerprint density at radius 3 is 2.65 bits per heavy atom. The van der Waals surface area contributed by atoms with Gasteiger partial charge in [0.05, 0.1) is 6.61 Å². The molecule has 5 heteroatoms. The van der Waals surface area contributed by atoms with E-state index >= 15 is 0 Å². The lowest BCUT2D eigenvalue weighted by atomic mass is 10.1. The van der Waals surface area contributed by atoms with Crippen molar-refractivity contribution in [3.8, 4) is 0 Å². The summed E-state index contributed by atoms with van der Waals surface area (Å²) in [7, 11) is 1.84. The third-order valence-electron chi connectivity index (χ3n) is 2.77. The monoisotopic (exact) mass is 239 g/mol. The molecule has 1 aromatic heterocycles. The molecule has 1 amide bonds. The normalized spacial score (nSPS) is 10.9. The van der Waals surface area contributed by atoms with Gasteiger partial charge in [0, 0.05) is 25.8 Å². The molecule has 0 atom stereocenters. The number of rotatable bonds is 5. The van der Waals surface area contributed by atoms with Crippen LogP contribution in [0.4, 0.5) is 0 Å². The molecule has 0 fully saturated rings. The first kappa shape index (κ1) is 13.7. The van der Waals surface area contributed by atoms with E-state index in [1.54, 1.807) is 9.58 Å². The third-order valence-corrected chi connectivity index (χ3v) is 2.77. The summed E-state index contributed by atoms with van der Waals surface area (Å²) < 4.78 is 1.74. The van der Waals surface area contributed by atoms with Crippen LogP contribution in [0, 0.1) is 0 Å². The lowest BCUT2D eigenvalue weighted by Gasteiger charge is -2.17. The highest BCUT2D eigenvalue weighted by Gasteiger charge is 2.19. The minimum atomic E-state index is -0.121. The van der Waals surface area contributed by atoms with Crippen molar-refractivity contribution in [3.63, 3.8) is 0 Å². The fourth-order valence-corrected chi connectivity index (χ4v) is 1.81. The number of aromatic nitrogens is 2. The van der Waals surface area contributed by atoms with E-state index in [1.807, 2.05) is 20.0 Å². The second-order valence-corrected chi connectivity index (χ2v) is 4.34. The Bertz CT molecular complexity index is 385. The van der Waals surface area contributed by atoms with Crippen molar-refractivity contribution in [1.82, 2.24) is 14.7 Å². The fraction of sp³-hybridized carbons (Fsp3) is 0.667. The molecule has 0 radical (unpaired) electrons. The Labute approximate surface area is 102 Å². The second-order valence-electron chi connectivity index (χ2n) is 4.34. The maximum atomic E-state index is 12.1. The van der Waals surface area contributed by atoms with E-state index in [0.717, 1.165) is 5.69 Å². The summed E-state index contributed by atoms with van der Waals surface area (Å²) in [5.74, 6) is 0.214. The maximum absolute atomic E-state index is 12.1. The van der Waals surface area contributed by atoms with Gasteiger partial charge in [-0.05, 0) is 18.9 Å². The molecule has 0 aliphatic heterocycles. The van der Waals surface area contributed by atoms with Crippen LogP contribution in [0.2, 0.25) is 0 Å². The Hall–Kier alpha value is -1.36. The van der Waals surface area contributed by atoms with E-state index in [2.05, 4.69) is 18.9 Å². The molecule has 1 rings (SSSR count). The van der Waals surface area contributed by atoms with Crippen molar-refractivity contribution < 1.29 is 9.90 Å². The van der Waals surface area contributed by atoms with Gasteiger partial charge in [-0.25, -0.2) is 0 Å². The molecule has 0 aromatic carbocycles. The first-order chi connectivity index (χ1) is 8.01. The molecular weight excluding hydrogens is 218 g/mol. The summed E-state index contributed by atoms with van der Waals surface area (Å²) in [6, 6.07) is 1.83. The number of nitrogens with zero attached hydrogens (tertiary/aromatic N) is 3. The van der Waals surface area contributed by atoms with Crippen LogP contribution in [0.5, 0.6) is 0 Å². The Morgan fingerprint density at radius 2 is 2.24 bits per heavy atom. The summed E-state index contributed by atoms with van der Waals surface area (Å²) in [6.07, 6.45) is 0. The minimum Gasteiger partial charge on any atom is -0.395 e. The fourth-order valence-electron chi connectivity index (χ4n) is 1.81. The number of amides is 1. The van der Waals surface area contributed by atoms with Gasteiger partial charge in [0.15, 0.2) is 5.69 Å². The Kier molecular flexibility index (Phi) is 4.69. The van der Waals surface area contributed by atoms with Crippen molar-refractivity contribution in [2.45, 2.75) is 26.7 Å². The van der Waals surface area contributed by atoms with Crippen LogP contribution in [-0.2, 0) is 7.05 Å². The number of aryl methyl sites for hydroxylation is 1. The van der Waals surface area contributed by atoms with E-state index < -0.39 is 0 Å². The van der Waals surface area contributed by atoms with Crippen molar-refractivity contribution in [2.75, 3.05) is 19.7 Å². The molecule has 0 aliphatic carbocycles. The molecule has 1 N–H and O–H groups in total. The van der Waals surface area contributed by atoms with Gasteiger partial charge in [0.25, 0.3) is 5.91 Å². The molecular formula is C12H21N3O2. The molecule has 1 aromatic rings. The SMILES string of the molecule is CCN(CCO)C(=O)c1cc(C(C)C)n(C)n1. The third kappa shape index (κ3) is 3.06. The van der Waals surface area contributed by atoms with Crippen molar-refractivity contribution in [2.24, 2.45) is 7.05 Å².